The highest BCUT2D eigenvalue weighted by atomic mass is 35.5. The van der Waals surface area contributed by atoms with Gasteiger partial charge in [-0.2, -0.15) is 9.77 Å². The quantitative estimate of drug-likeness (QED) is 0.650. The minimum absolute atomic E-state index is 0.0728. The van der Waals surface area contributed by atoms with Crippen LogP contribution in [0.3, 0.4) is 0 Å². The Morgan fingerprint density at radius 2 is 2.00 bits per heavy atom. The number of aromatic amines is 1. The van der Waals surface area contributed by atoms with E-state index < -0.39 is 5.56 Å². The first-order chi connectivity index (χ1) is 8.58. The molecule has 0 amide bonds. The van der Waals surface area contributed by atoms with E-state index >= 15 is 0 Å². The first-order valence-corrected chi connectivity index (χ1v) is 5.77. The molecule has 0 unspecified atom stereocenters. The van der Waals surface area contributed by atoms with Crippen molar-refractivity contribution in [3.8, 4) is 0 Å². The summed E-state index contributed by atoms with van der Waals surface area (Å²) < 4.78 is 0.910. The molecule has 1 aromatic heterocycles. The molecule has 0 atom stereocenters. The zero-order valence-corrected chi connectivity index (χ0v) is 10.7. The summed E-state index contributed by atoms with van der Waals surface area (Å²) in [5.41, 5.74) is 0.622. The number of nitrogen functional groups attached to an aromatic ring is 1. The molecule has 2 aromatic rings. The average Bonchev–Trinajstić information content (AvgIpc) is 2.37. The second-order valence-corrected chi connectivity index (χ2v) is 4.30. The topological polar surface area (TPSA) is 76.7 Å². The van der Waals surface area contributed by atoms with Crippen LogP contribution in [0.5, 0.6) is 0 Å². The van der Waals surface area contributed by atoms with E-state index in [2.05, 4.69) is 10.2 Å². The molecule has 92 valence electrons. The summed E-state index contributed by atoms with van der Waals surface area (Å²) in [6, 6.07) is 7.17. The molecular weight excluding hydrogens is 272 g/mol. The number of rotatable bonds is 2. The molecule has 0 saturated carbocycles. The van der Waals surface area contributed by atoms with Crippen molar-refractivity contribution in [1.29, 1.82) is 0 Å². The third-order valence-corrected chi connectivity index (χ3v) is 2.77. The summed E-state index contributed by atoms with van der Waals surface area (Å²) >= 11 is 10.5. The van der Waals surface area contributed by atoms with Crippen LogP contribution in [0.15, 0.2) is 29.1 Å². The van der Waals surface area contributed by atoms with Gasteiger partial charge in [0.2, 0.25) is 4.77 Å². The minimum atomic E-state index is -0.455. The number of nitrogens with two attached hydrogens (primary N) is 1. The molecule has 18 heavy (non-hydrogen) atoms. The molecule has 0 aliphatic carbocycles. The normalized spacial score (nSPS) is 10.9. The molecule has 0 fully saturated rings. The summed E-state index contributed by atoms with van der Waals surface area (Å²) in [6.07, 6.45) is 3.29. The summed E-state index contributed by atoms with van der Waals surface area (Å²) in [4.78, 5) is 11.7. The van der Waals surface area contributed by atoms with Crippen LogP contribution in [-0.2, 0) is 0 Å². The zero-order chi connectivity index (χ0) is 13.1. The third kappa shape index (κ3) is 2.66. The van der Waals surface area contributed by atoms with Crippen molar-refractivity contribution in [2.24, 2.45) is 0 Å². The number of hydrogen-bond donors (Lipinski definition) is 2. The fraction of sp³-hybridized carbons (Fsp3) is 0. The van der Waals surface area contributed by atoms with Gasteiger partial charge in [0.25, 0.3) is 5.56 Å². The molecule has 2 rings (SSSR count). The lowest BCUT2D eigenvalue weighted by Gasteiger charge is -1.98. The lowest BCUT2D eigenvalue weighted by atomic mass is 10.2. The molecule has 0 aliphatic heterocycles. The van der Waals surface area contributed by atoms with Crippen LogP contribution in [0.2, 0.25) is 5.02 Å². The Labute approximate surface area is 112 Å². The van der Waals surface area contributed by atoms with Crippen LogP contribution >= 0.6 is 23.8 Å². The van der Waals surface area contributed by atoms with E-state index in [1.165, 1.54) is 0 Å². The molecule has 0 aliphatic rings. The Kier molecular flexibility index (Phi) is 3.59. The van der Waals surface area contributed by atoms with E-state index in [9.17, 15) is 4.79 Å². The number of H-pyrrole nitrogens is 1. The van der Waals surface area contributed by atoms with E-state index in [1.807, 2.05) is 12.1 Å². The van der Waals surface area contributed by atoms with Gasteiger partial charge >= 0.3 is 0 Å². The minimum Gasteiger partial charge on any atom is -0.334 e. The first kappa shape index (κ1) is 12.5. The number of halogens is 1. The predicted octanol–water partition coefficient (Wildman–Crippen LogP) is 1.84. The van der Waals surface area contributed by atoms with Crippen molar-refractivity contribution < 1.29 is 0 Å². The molecule has 7 heteroatoms. The summed E-state index contributed by atoms with van der Waals surface area (Å²) in [5.74, 6) is 5.45. The van der Waals surface area contributed by atoms with Crippen LogP contribution in [0.25, 0.3) is 12.2 Å². The number of nitrogens with zero attached hydrogens (tertiary/aromatic N) is 2. The Balaban J connectivity index is 2.35. The van der Waals surface area contributed by atoms with Crippen LogP contribution in [-0.4, -0.2) is 14.9 Å². The number of aromatic nitrogens is 3. The largest absolute Gasteiger partial charge is 0.334 e. The van der Waals surface area contributed by atoms with Crippen LogP contribution in [0.4, 0.5) is 0 Å². The maximum atomic E-state index is 11.7. The van der Waals surface area contributed by atoms with Gasteiger partial charge in [-0.3, -0.25) is 9.89 Å². The monoisotopic (exact) mass is 280 g/mol. The third-order valence-electron chi connectivity index (χ3n) is 2.23. The van der Waals surface area contributed by atoms with Crippen LogP contribution in [0, 0.1) is 4.77 Å². The second-order valence-electron chi connectivity index (χ2n) is 3.47. The Hall–Kier alpha value is -1.92. The molecule has 3 N–H and O–H groups in total. The predicted molar refractivity (Wildman–Crippen MR) is 74.2 cm³/mol. The van der Waals surface area contributed by atoms with E-state index in [-0.39, 0.29) is 10.5 Å². The highest BCUT2D eigenvalue weighted by Gasteiger charge is 2.00. The van der Waals surface area contributed by atoms with E-state index in [4.69, 9.17) is 29.7 Å². The molecule has 0 radical (unpaired) electrons. The van der Waals surface area contributed by atoms with Crippen molar-refractivity contribution in [3.05, 3.63) is 55.7 Å². The van der Waals surface area contributed by atoms with Gasteiger partial charge in [-0.25, -0.2) is 0 Å². The lowest BCUT2D eigenvalue weighted by Crippen LogP contribution is -2.31. The van der Waals surface area contributed by atoms with Crippen molar-refractivity contribution >= 4 is 36.0 Å². The average molecular weight is 281 g/mol. The van der Waals surface area contributed by atoms with Gasteiger partial charge in [-0.05, 0) is 36.0 Å². The van der Waals surface area contributed by atoms with Crippen molar-refractivity contribution in [1.82, 2.24) is 14.9 Å². The zero-order valence-electron chi connectivity index (χ0n) is 9.13. The van der Waals surface area contributed by atoms with E-state index in [0.717, 1.165) is 10.2 Å². The summed E-state index contributed by atoms with van der Waals surface area (Å²) in [5, 5.41) is 6.95. The lowest BCUT2D eigenvalue weighted by molar-refractivity contribution is 0.793. The van der Waals surface area contributed by atoms with E-state index in [1.54, 1.807) is 24.3 Å². The first-order valence-electron chi connectivity index (χ1n) is 4.98. The van der Waals surface area contributed by atoms with E-state index in [0.29, 0.717) is 5.02 Å². The standard InChI is InChI=1S/C11H9ClN4OS/c12-8-4-1-7(2-5-8)3-6-9-10(17)16(13)11(18)15-14-9/h1-6H,13H2,(H,15,18). The smallest absolute Gasteiger partial charge is 0.298 e. The molecule has 0 spiro atoms. The van der Waals surface area contributed by atoms with Gasteiger partial charge in [-0.15, -0.1) is 0 Å². The molecule has 1 heterocycles. The van der Waals surface area contributed by atoms with Gasteiger partial charge < -0.3 is 5.84 Å². The maximum absolute atomic E-state index is 11.7. The van der Waals surface area contributed by atoms with Gasteiger partial charge in [0.15, 0.2) is 5.69 Å². The molecule has 1 aromatic carbocycles. The van der Waals surface area contributed by atoms with Crippen LogP contribution < -0.4 is 11.4 Å². The summed E-state index contributed by atoms with van der Waals surface area (Å²) in [6.45, 7) is 0. The molecule has 0 bridgehead atoms. The molecule has 5 nitrogen and oxygen atoms in total. The fourth-order valence-electron chi connectivity index (χ4n) is 1.28. The Bertz CT molecular complexity index is 702. The fourth-order valence-corrected chi connectivity index (χ4v) is 1.54. The maximum Gasteiger partial charge on any atom is 0.298 e. The van der Waals surface area contributed by atoms with Crippen LogP contribution in [0.1, 0.15) is 11.3 Å². The number of nitrogens with one attached hydrogen (secondary N) is 1. The summed E-state index contributed by atoms with van der Waals surface area (Å²) in [7, 11) is 0. The second kappa shape index (κ2) is 5.16. The highest BCUT2D eigenvalue weighted by molar-refractivity contribution is 7.71. The highest BCUT2D eigenvalue weighted by Crippen LogP contribution is 2.11. The molecular formula is C11H9ClN4OS. The van der Waals surface area contributed by atoms with Gasteiger partial charge in [0, 0.05) is 5.02 Å². The van der Waals surface area contributed by atoms with Gasteiger partial charge in [0.05, 0.1) is 0 Å². The van der Waals surface area contributed by atoms with Crippen molar-refractivity contribution in [2.75, 3.05) is 5.84 Å². The van der Waals surface area contributed by atoms with Gasteiger partial charge in [-0.1, -0.05) is 29.8 Å². The number of benzene rings is 1. The Morgan fingerprint density at radius 1 is 1.33 bits per heavy atom. The van der Waals surface area contributed by atoms with Crippen molar-refractivity contribution in [3.63, 3.8) is 0 Å². The molecule has 0 saturated heterocycles. The SMILES string of the molecule is Nn1c(=S)[nH]nc(C=Cc2ccc(Cl)cc2)c1=O. The Morgan fingerprint density at radius 3 is 2.67 bits per heavy atom. The van der Waals surface area contributed by atoms with Crippen molar-refractivity contribution in [2.45, 2.75) is 0 Å². The van der Waals surface area contributed by atoms with Gasteiger partial charge in [0.1, 0.15) is 0 Å². The number of hydrogen-bond acceptors (Lipinski definition) is 4.